The van der Waals surface area contributed by atoms with E-state index in [2.05, 4.69) is 16.5 Å². The normalized spacial score (nSPS) is 12.5. The van der Waals surface area contributed by atoms with Crippen molar-refractivity contribution in [3.8, 4) is 10.4 Å². The van der Waals surface area contributed by atoms with Crippen LogP contribution >= 0.6 is 22.7 Å². The van der Waals surface area contributed by atoms with E-state index in [1.807, 2.05) is 44.4 Å². The first-order chi connectivity index (χ1) is 14.8. The van der Waals surface area contributed by atoms with Gasteiger partial charge in [-0.1, -0.05) is 0 Å². The number of Topliss-reactive ketones (excluding diaryl/α,β-unsaturated/α-hetero) is 1. The molecule has 1 atom stereocenters. The summed E-state index contributed by atoms with van der Waals surface area (Å²) >= 11 is 3.10. The van der Waals surface area contributed by atoms with Crippen molar-refractivity contribution in [1.82, 2.24) is 14.1 Å². The first kappa shape index (κ1) is 21.7. The Labute approximate surface area is 188 Å². The molecule has 162 valence electrons. The zero-order valence-electron chi connectivity index (χ0n) is 18.3. The average Bonchev–Trinajstić information content (AvgIpc) is 3.41. The second-order valence-corrected chi connectivity index (χ2v) is 9.95. The first-order valence-electron chi connectivity index (χ1n) is 10.1. The van der Waals surface area contributed by atoms with Crippen molar-refractivity contribution in [1.29, 1.82) is 0 Å². The lowest BCUT2D eigenvalue weighted by molar-refractivity contribution is 0.0969. The Hall–Kier alpha value is -2.55. The molecule has 31 heavy (non-hydrogen) atoms. The minimum absolute atomic E-state index is 0.0382. The van der Waals surface area contributed by atoms with Crippen molar-refractivity contribution in [3.05, 3.63) is 62.1 Å². The molecule has 0 aliphatic carbocycles. The van der Waals surface area contributed by atoms with Gasteiger partial charge in [-0.2, -0.15) is 0 Å². The maximum atomic E-state index is 13.3. The number of hydrogen-bond acceptors (Lipinski definition) is 6. The van der Waals surface area contributed by atoms with Crippen molar-refractivity contribution in [2.24, 2.45) is 0 Å². The molecule has 0 spiro atoms. The molecule has 0 aliphatic rings. The van der Waals surface area contributed by atoms with Crippen LogP contribution in [0.2, 0.25) is 0 Å². The average molecular weight is 456 g/mol. The van der Waals surface area contributed by atoms with Gasteiger partial charge >= 0.3 is 0 Å². The molecule has 0 saturated heterocycles. The monoisotopic (exact) mass is 455 g/mol. The highest BCUT2D eigenvalue weighted by Crippen LogP contribution is 2.35. The van der Waals surface area contributed by atoms with E-state index in [9.17, 15) is 9.59 Å². The van der Waals surface area contributed by atoms with E-state index in [1.165, 1.54) is 27.1 Å². The third kappa shape index (κ3) is 3.91. The summed E-state index contributed by atoms with van der Waals surface area (Å²) in [6.07, 6.45) is 1.48. The zero-order chi connectivity index (χ0) is 22.3. The third-order valence-corrected chi connectivity index (χ3v) is 7.43. The fourth-order valence-electron chi connectivity index (χ4n) is 4.13. The summed E-state index contributed by atoms with van der Waals surface area (Å²) in [5.74, 6) is -0.101. The molecule has 4 heterocycles. The number of rotatable bonds is 7. The zero-order valence-corrected chi connectivity index (χ0v) is 19.9. The lowest BCUT2D eigenvalue weighted by atomic mass is 10.1. The number of aryl methyl sites for hydroxylation is 2. The van der Waals surface area contributed by atoms with Gasteiger partial charge in [-0.15, -0.1) is 22.7 Å². The van der Waals surface area contributed by atoms with Gasteiger partial charge in [-0.3, -0.25) is 14.2 Å². The summed E-state index contributed by atoms with van der Waals surface area (Å²) in [5.41, 5.74) is 3.23. The summed E-state index contributed by atoms with van der Waals surface area (Å²) in [7, 11) is 1.67. The quantitative estimate of drug-likeness (QED) is 0.368. The number of thiophene rings is 2. The minimum atomic E-state index is -0.179. The molecule has 0 bridgehead atoms. The Kier molecular flexibility index (Phi) is 5.96. The van der Waals surface area contributed by atoms with E-state index in [1.54, 1.807) is 18.4 Å². The van der Waals surface area contributed by atoms with Gasteiger partial charge in [0.25, 0.3) is 5.56 Å². The highest BCUT2D eigenvalue weighted by atomic mass is 32.1. The van der Waals surface area contributed by atoms with Crippen LogP contribution in [0.4, 0.5) is 0 Å². The second-order valence-electron chi connectivity index (χ2n) is 7.80. The van der Waals surface area contributed by atoms with Gasteiger partial charge in [0.15, 0.2) is 5.78 Å². The van der Waals surface area contributed by atoms with Crippen molar-refractivity contribution < 1.29 is 9.53 Å². The van der Waals surface area contributed by atoms with Gasteiger partial charge < -0.3 is 9.30 Å². The Morgan fingerprint density at radius 3 is 2.71 bits per heavy atom. The van der Waals surface area contributed by atoms with E-state index >= 15 is 0 Å². The fourth-order valence-corrected chi connectivity index (χ4v) is 6.00. The molecule has 4 aromatic heterocycles. The first-order valence-corrected chi connectivity index (χ1v) is 11.8. The van der Waals surface area contributed by atoms with Crippen molar-refractivity contribution in [3.63, 3.8) is 0 Å². The molecule has 4 aromatic rings. The van der Waals surface area contributed by atoms with Crippen LogP contribution in [0.3, 0.4) is 0 Å². The maximum absolute atomic E-state index is 13.3. The SMILES string of the molecule is COC[C@@H](C)n1c(C)cc(C(=O)Cn2cnc3scc(-c4ccc(C)s4)c3c2=O)c1C. The molecule has 0 unspecified atom stereocenters. The largest absolute Gasteiger partial charge is 0.383 e. The number of fused-ring (bicyclic) bond motifs is 1. The summed E-state index contributed by atoms with van der Waals surface area (Å²) < 4.78 is 8.80. The standard InChI is InChI=1S/C23H25N3O3S2/c1-13-8-17(16(4)26(13)14(2)10-29-5)19(27)9-25-12-24-22-21(23(25)28)18(11-30-22)20-7-6-15(3)31-20/h6-8,11-12,14H,9-10H2,1-5H3/t14-/m1/s1. The minimum Gasteiger partial charge on any atom is -0.383 e. The van der Waals surface area contributed by atoms with Gasteiger partial charge in [-0.25, -0.2) is 4.98 Å². The molecule has 8 heteroatoms. The van der Waals surface area contributed by atoms with E-state index in [4.69, 9.17) is 4.74 Å². The van der Waals surface area contributed by atoms with Gasteiger partial charge in [-0.05, 0) is 45.9 Å². The van der Waals surface area contributed by atoms with Crippen LogP contribution < -0.4 is 5.56 Å². The predicted molar refractivity (Wildman–Crippen MR) is 127 cm³/mol. The number of carbonyl (C=O) groups is 1. The van der Waals surface area contributed by atoms with Crippen LogP contribution in [0.5, 0.6) is 0 Å². The van der Waals surface area contributed by atoms with Crippen molar-refractivity contribution >= 4 is 38.7 Å². The van der Waals surface area contributed by atoms with Gasteiger partial charge in [0.2, 0.25) is 0 Å². The van der Waals surface area contributed by atoms with E-state index < -0.39 is 0 Å². The summed E-state index contributed by atoms with van der Waals surface area (Å²) in [5, 5.41) is 2.56. The summed E-state index contributed by atoms with van der Waals surface area (Å²) in [6, 6.07) is 6.09. The molecule has 0 radical (unpaired) electrons. The van der Waals surface area contributed by atoms with Crippen molar-refractivity contribution in [2.45, 2.75) is 40.3 Å². The number of methoxy groups -OCH3 is 1. The number of ether oxygens (including phenoxy) is 1. The fraction of sp³-hybridized carbons (Fsp3) is 0.348. The topological polar surface area (TPSA) is 66.1 Å². The second kappa shape index (κ2) is 8.53. The number of aromatic nitrogens is 3. The lowest BCUT2D eigenvalue weighted by Gasteiger charge is -2.17. The maximum Gasteiger partial charge on any atom is 0.263 e. The molecular formula is C23H25N3O3S2. The third-order valence-electron chi connectivity index (χ3n) is 5.51. The molecule has 0 amide bonds. The van der Waals surface area contributed by atoms with Crippen molar-refractivity contribution in [2.75, 3.05) is 13.7 Å². The van der Waals surface area contributed by atoms with Gasteiger partial charge in [0.05, 0.1) is 30.9 Å². The van der Waals surface area contributed by atoms with Crippen LogP contribution in [0.25, 0.3) is 20.7 Å². The van der Waals surface area contributed by atoms with Crippen LogP contribution in [0.1, 0.15) is 39.6 Å². The van der Waals surface area contributed by atoms with Crippen LogP contribution in [-0.2, 0) is 11.3 Å². The highest BCUT2D eigenvalue weighted by molar-refractivity contribution is 7.19. The molecule has 4 rings (SSSR count). The molecule has 6 nitrogen and oxygen atoms in total. The van der Waals surface area contributed by atoms with Crippen LogP contribution in [0, 0.1) is 20.8 Å². The number of ketones is 1. The Morgan fingerprint density at radius 1 is 1.26 bits per heavy atom. The smallest absolute Gasteiger partial charge is 0.263 e. The molecule has 0 aliphatic heterocycles. The van der Waals surface area contributed by atoms with Gasteiger partial charge in [0, 0.05) is 44.8 Å². The molecule has 0 aromatic carbocycles. The molecule has 0 saturated carbocycles. The summed E-state index contributed by atoms with van der Waals surface area (Å²) in [4.78, 5) is 33.8. The number of carbonyl (C=O) groups excluding carboxylic acids is 1. The molecule has 0 fully saturated rings. The lowest BCUT2D eigenvalue weighted by Crippen LogP contribution is -2.25. The Morgan fingerprint density at radius 2 is 2.03 bits per heavy atom. The highest BCUT2D eigenvalue weighted by Gasteiger charge is 2.21. The van der Waals surface area contributed by atoms with E-state index in [0.717, 1.165) is 21.8 Å². The Balaban J connectivity index is 1.70. The van der Waals surface area contributed by atoms with Crippen LogP contribution in [-0.4, -0.2) is 33.6 Å². The molecule has 0 N–H and O–H groups in total. The van der Waals surface area contributed by atoms with Gasteiger partial charge in [0.1, 0.15) is 4.83 Å². The Bertz CT molecular complexity index is 1330. The summed E-state index contributed by atoms with van der Waals surface area (Å²) in [6.45, 7) is 8.55. The van der Waals surface area contributed by atoms with E-state index in [0.29, 0.717) is 22.4 Å². The molecular weight excluding hydrogens is 430 g/mol. The van der Waals surface area contributed by atoms with E-state index in [-0.39, 0.29) is 23.9 Å². The number of hydrogen-bond donors (Lipinski definition) is 0. The van der Waals surface area contributed by atoms with Crippen LogP contribution in [0.15, 0.2) is 34.7 Å². The predicted octanol–water partition coefficient (Wildman–Crippen LogP) is 5.00. The number of nitrogens with zero attached hydrogens (tertiary/aromatic N) is 3.